The maximum Gasteiger partial charge on any atom is 0.311 e. The van der Waals surface area contributed by atoms with Crippen LogP contribution in [0.4, 0.5) is 0 Å². The molecular weight excluding hydrogens is 236 g/mol. The first-order valence-electron chi connectivity index (χ1n) is 6.06. The summed E-state index contributed by atoms with van der Waals surface area (Å²) in [4.78, 5) is 13.3. The summed E-state index contributed by atoms with van der Waals surface area (Å²) < 4.78 is 10.8. The van der Waals surface area contributed by atoms with Crippen molar-refractivity contribution in [1.29, 1.82) is 0 Å². The molecule has 2 fully saturated rings. The number of hydrogen-bond donors (Lipinski definition) is 0. The van der Waals surface area contributed by atoms with E-state index in [0.29, 0.717) is 6.10 Å². The summed E-state index contributed by atoms with van der Waals surface area (Å²) in [6.45, 7) is 0. The number of methoxy groups -OCH3 is 1. The van der Waals surface area contributed by atoms with Gasteiger partial charge in [-0.1, -0.05) is 6.07 Å². The van der Waals surface area contributed by atoms with Crippen LogP contribution in [0.5, 0.6) is 0 Å². The highest BCUT2D eigenvalue weighted by atomic mass is 32.1. The zero-order valence-corrected chi connectivity index (χ0v) is 10.6. The Morgan fingerprint density at radius 3 is 3.12 bits per heavy atom. The number of fused-ring (bicyclic) bond motifs is 2. The van der Waals surface area contributed by atoms with Gasteiger partial charge in [0.05, 0.1) is 25.2 Å². The van der Waals surface area contributed by atoms with Crippen molar-refractivity contribution in [3.63, 3.8) is 0 Å². The molecule has 3 rings (SSSR count). The van der Waals surface area contributed by atoms with Crippen molar-refractivity contribution >= 4 is 17.3 Å². The van der Waals surface area contributed by atoms with Crippen molar-refractivity contribution in [1.82, 2.24) is 0 Å². The van der Waals surface area contributed by atoms with Gasteiger partial charge in [0, 0.05) is 10.8 Å². The van der Waals surface area contributed by atoms with Crippen molar-refractivity contribution < 1.29 is 14.3 Å². The predicted molar refractivity (Wildman–Crippen MR) is 65.1 cm³/mol. The first-order chi connectivity index (χ1) is 8.29. The lowest BCUT2D eigenvalue weighted by atomic mass is 9.83. The summed E-state index contributed by atoms with van der Waals surface area (Å²) in [5.41, 5.74) is 0. The van der Waals surface area contributed by atoms with Crippen LogP contribution in [0.3, 0.4) is 0 Å². The van der Waals surface area contributed by atoms with Gasteiger partial charge in [-0.3, -0.25) is 4.79 Å². The molecule has 1 aromatic heterocycles. The number of rotatable bonds is 2. The van der Waals surface area contributed by atoms with E-state index in [4.69, 9.17) is 9.47 Å². The zero-order chi connectivity index (χ0) is 11.8. The normalized spacial score (nSPS) is 35.8. The molecule has 0 radical (unpaired) electrons. The second-order valence-corrected chi connectivity index (χ2v) is 5.76. The molecule has 2 aliphatic rings. The van der Waals surface area contributed by atoms with Crippen LogP contribution >= 0.6 is 11.3 Å². The van der Waals surface area contributed by atoms with Crippen molar-refractivity contribution in [2.45, 2.75) is 37.4 Å². The Balaban J connectivity index is 1.91. The molecule has 4 atom stereocenters. The van der Waals surface area contributed by atoms with E-state index in [2.05, 4.69) is 11.4 Å². The van der Waals surface area contributed by atoms with Gasteiger partial charge in [-0.2, -0.15) is 0 Å². The Hall–Kier alpha value is -0.870. The van der Waals surface area contributed by atoms with Crippen molar-refractivity contribution in [3.05, 3.63) is 22.4 Å². The molecular formula is C13H16O3S. The largest absolute Gasteiger partial charge is 0.469 e. The smallest absolute Gasteiger partial charge is 0.311 e. The molecule has 4 heteroatoms. The Morgan fingerprint density at radius 1 is 1.53 bits per heavy atom. The molecule has 17 heavy (non-hydrogen) atoms. The molecule has 3 nitrogen and oxygen atoms in total. The van der Waals surface area contributed by atoms with E-state index < -0.39 is 0 Å². The lowest BCUT2D eigenvalue weighted by molar-refractivity contribution is -0.156. The van der Waals surface area contributed by atoms with Crippen LogP contribution in [0.15, 0.2) is 17.5 Å². The Bertz CT molecular complexity index is 401. The topological polar surface area (TPSA) is 35.5 Å². The number of hydrogen-bond acceptors (Lipinski definition) is 4. The molecule has 0 aromatic carbocycles. The maximum atomic E-state index is 12.0. The third-order valence-corrected chi connectivity index (χ3v) is 4.88. The SMILES string of the molecule is COC(=O)[C@@H]1C2CCC(C[C@H]1c1cccs1)O2. The molecule has 92 valence electrons. The van der Waals surface area contributed by atoms with Crippen LogP contribution in [0.1, 0.15) is 30.1 Å². The molecule has 0 N–H and O–H groups in total. The van der Waals surface area contributed by atoms with Crippen LogP contribution in [0.25, 0.3) is 0 Å². The van der Waals surface area contributed by atoms with E-state index in [9.17, 15) is 4.79 Å². The first-order valence-corrected chi connectivity index (χ1v) is 6.94. The van der Waals surface area contributed by atoms with E-state index in [1.54, 1.807) is 11.3 Å². The van der Waals surface area contributed by atoms with Gasteiger partial charge in [0.2, 0.25) is 0 Å². The lowest BCUT2D eigenvalue weighted by Crippen LogP contribution is -2.39. The molecule has 2 saturated heterocycles. The number of carbonyl (C=O) groups excluding carboxylic acids is 1. The highest BCUT2D eigenvalue weighted by molar-refractivity contribution is 7.10. The average molecular weight is 252 g/mol. The fraction of sp³-hybridized carbons (Fsp3) is 0.615. The fourth-order valence-corrected chi connectivity index (χ4v) is 4.00. The van der Waals surface area contributed by atoms with Gasteiger partial charge in [-0.25, -0.2) is 0 Å². The first kappa shape index (κ1) is 11.2. The van der Waals surface area contributed by atoms with Gasteiger partial charge >= 0.3 is 5.97 Å². The summed E-state index contributed by atoms with van der Waals surface area (Å²) in [5.74, 6) is 0.0554. The van der Waals surface area contributed by atoms with Gasteiger partial charge in [0.25, 0.3) is 0 Å². The number of thiophene rings is 1. The highest BCUT2D eigenvalue weighted by Crippen LogP contribution is 2.46. The zero-order valence-electron chi connectivity index (χ0n) is 9.80. The minimum atomic E-state index is -0.117. The molecule has 0 saturated carbocycles. The molecule has 2 aliphatic heterocycles. The predicted octanol–water partition coefficient (Wildman–Crippen LogP) is 2.57. The van der Waals surface area contributed by atoms with E-state index in [1.165, 1.54) is 12.0 Å². The molecule has 2 unspecified atom stereocenters. The Morgan fingerprint density at radius 2 is 2.41 bits per heavy atom. The van der Waals surface area contributed by atoms with Crippen LogP contribution in [-0.2, 0) is 14.3 Å². The average Bonchev–Trinajstić information content (AvgIpc) is 2.98. The number of ether oxygens (including phenoxy) is 2. The van der Waals surface area contributed by atoms with Crippen molar-refractivity contribution in [2.75, 3.05) is 7.11 Å². The second-order valence-electron chi connectivity index (χ2n) is 4.78. The third-order valence-electron chi connectivity index (χ3n) is 3.87. The van der Waals surface area contributed by atoms with Crippen LogP contribution in [0.2, 0.25) is 0 Å². The van der Waals surface area contributed by atoms with Crippen LogP contribution < -0.4 is 0 Å². The second kappa shape index (κ2) is 4.42. The Kier molecular flexibility index (Phi) is 2.92. The van der Waals surface area contributed by atoms with Gasteiger partial charge in [0.15, 0.2) is 0 Å². The minimum Gasteiger partial charge on any atom is -0.469 e. The van der Waals surface area contributed by atoms with Crippen LogP contribution in [0, 0.1) is 5.92 Å². The summed E-state index contributed by atoms with van der Waals surface area (Å²) in [6, 6.07) is 4.17. The summed E-state index contributed by atoms with van der Waals surface area (Å²) >= 11 is 1.73. The van der Waals surface area contributed by atoms with E-state index in [0.717, 1.165) is 19.3 Å². The molecule has 0 aliphatic carbocycles. The summed E-state index contributed by atoms with van der Waals surface area (Å²) in [7, 11) is 1.47. The fourth-order valence-electron chi connectivity index (χ4n) is 3.11. The van der Waals surface area contributed by atoms with Crippen molar-refractivity contribution in [3.8, 4) is 0 Å². The van der Waals surface area contributed by atoms with E-state index in [1.807, 2.05) is 6.07 Å². The number of carbonyl (C=O) groups is 1. The standard InChI is InChI=1S/C13H16O3S/c1-15-13(14)12-9(11-3-2-6-17-11)7-8-4-5-10(12)16-8/h2-3,6,8-10,12H,4-5,7H2,1H3/t8?,9-,10?,12-/m0/s1. The lowest BCUT2D eigenvalue weighted by Gasteiger charge is -2.34. The maximum absolute atomic E-state index is 12.0. The van der Waals surface area contributed by atoms with Gasteiger partial charge in [0.1, 0.15) is 0 Å². The molecule has 3 heterocycles. The Labute approximate surface area is 105 Å². The van der Waals surface area contributed by atoms with Gasteiger partial charge in [-0.05, 0) is 30.7 Å². The van der Waals surface area contributed by atoms with E-state index in [-0.39, 0.29) is 23.9 Å². The van der Waals surface area contributed by atoms with Crippen molar-refractivity contribution in [2.24, 2.45) is 5.92 Å². The van der Waals surface area contributed by atoms with Crippen LogP contribution in [-0.4, -0.2) is 25.3 Å². The van der Waals surface area contributed by atoms with Gasteiger partial charge in [-0.15, -0.1) is 11.3 Å². The molecule has 1 aromatic rings. The molecule has 0 amide bonds. The third kappa shape index (κ3) is 1.89. The summed E-state index contributed by atoms with van der Waals surface area (Å²) in [5, 5.41) is 2.07. The highest BCUT2D eigenvalue weighted by Gasteiger charge is 2.47. The minimum absolute atomic E-state index is 0.0632. The van der Waals surface area contributed by atoms with E-state index >= 15 is 0 Å². The molecule has 0 spiro atoms. The quantitative estimate of drug-likeness (QED) is 0.759. The summed E-state index contributed by atoms with van der Waals surface area (Å²) in [6.07, 6.45) is 3.43. The van der Waals surface area contributed by atoms with Gasteiger partial charge < -0.3 is 9.47 Å². The molecule has 2 bridgehead atoms. The number of esters is 1. The monoisotopic (exact) mass is 252 g/mol.